The number of nitrogens with one attached hydrogen (secondary N) is 1. The van der Waals surface area contributed by atoms with E-state index in [9.17, 15) is 4.79 Å². The van der Waals surface area contributed by atoms with Crippen LogP contribution in [0.15, 0.2) is 60.0 Å². The van der Waals surface area contributed by atoms with Crippen LogP contribution in [0.5, 0.6) is 11.5 Å². The lowest BCUT2D eigenvalue weighted by molar-refractivity contribution is 0.0953. The highest BCUT2D eigenvalue weighted by atomic mass is 32.1. The minimum atomic E-state index is -0.0543. The molecule has 0 spiro atoms. The van der Waals surface area contributed by atoms with Gasteiger partial charge in [-0.2, -0.15) is 0 Å². The minimum Gasteiger partial charge on any atom is -0.457 e. The molecule has 1 heterocycles. The number of benzene rings is 2. The van der Waals surface area contributed by atoms with Gasteiger partial charge >= 0.3 is 0 Å². The Labute approximate surface area is 157 Å². The molecular weight excluding hydrogens is 344 g/mol. The van der Waals surface area contributed by atoms with Crippen LogP contribution < -0.4 is 10.1 Å². The monoisotopic (exact) mass is 366 g/mol. The summed E-state index contributed by atoms with van der Waals surface area (Å²) in [6, 6.07) is 16.8. The van der Waals surface area contributed by atoms with Gasteiger partial charge in [0.05, 0.1) is 5.01 Å². The molecule has 0 aliphatic rings. The van der Waals surface area contributed by atoms with Crippen molar-refractivity contribution < 1.29 is 9.53 Å². The molecule has 0 bridgehead atoms. The summed E-state index contributed by atoms with van der Waals surface area (Å²) in [4.78, 5) is 16.6. The van der Waals surface area contributed by atoms with Crippen molar-refractivity contribution in [3.05, 3.63) is 76.2 Å². The van der Waals surface area contributed by atoms with Crippen LogP contribution >= 0.6 is 11.3 Å². The molecule has 26 heavy (non-hydrogen) atoms. The lowest BCUT2D eigenvalue weighted by Gasteiger charge is -2.07. The first-order chi connectivity index (χ1) is 12.7. The molecule has 4 nitrogen and oxygen atoms in total. The largest absolute Gasteiger partial charge is 0.457 e. The Morgan fingerprint density at radius 2 is 1.77 bits per heavy atom. The van der Waals surface area contributed by atoms with Crippen LogP contribution in [0, 0.1) is 6.92 Å². The molecule has 0 atom stereocenters. The number of nitrogens with zero attached hydrogens (tertiary/aromatic N) is 1. The number of hydrogen-bond donors (Lipinski definition) is 1. The van der Waals surface area contributed by atoms with Gasteiger partial charge in [0.15, 0.2) is 0 Å². The smallest absolute Gasteiger partial charge is 0.251 e. The fourth-order valence-corrected chi connectivity index (χ4v) is 3.34. The first kappa shape index (κ1) is 18.1. The maximum Gasteiger partial charge on any atom is 0.251 e. The molecule has 5 heteroatoms. The number of aromatic nitrogens is 1. The molecule has 0 saturated carbocycles. The molecule has 0 fully saturated rings. The van der Waals surface area contributed by atoms with Gasteiger partial charge in [-0.1, -0.05) is 18.2 Å². The highest BCUT2D eigenvalue weighted by molar-refractivity contribution is 7.09. The number of unbranched alkanes of at least 4 members (excludes halogenated alkanes) is 1. The summed E-state index contributed by atoms with van der Waals surface area (Å²) in [6.07, 6.45) is 2.94. The predicted octanol–water partition coefficient (Wildman–Crippen LogP) is 5.00. The third kappa shape index (κ3) is 5.43. The van der Waals surface area contributed by atoms with Gasteiger partial charge in [-0.05, 0) is 62.6 Å². The summed E-state index contributed by atoms with van der Waals surface area (Å²) in [7, 11) is 0. The molecule has 3 rings (SSSR count). The van der Waals surface area contributed by atoms with Crippen molar-refractivity contribution in [3.63, 3.8) is 0 Å². The van der Waals surface area contributed by atoms with Gasteiger partial charge in [-0.25, -0.2) is 4.98 Å². The van der Waals surface area contributed by atoms with Crippen molar-refractivity contribution in [2.24, 2.45) is 0 Å². The van der Waals surface area contributed by atoms with Gasteiger partial charge in [0.1, 0.15) is 11.5 Å². The summed E-state index contributed by atoms with van der Waals surface area (Å²) in [5, 5.41) is 6.20. The Bertz CT molecular complexity index is 829. The number of amides is 1. The first-order valence-corrected chi connectivity index (χ1v) is 9.61. The third-order valence-electron chi connectivity index (χ3n) is 3.86. The van der Waals surface area contributed by atoms with E-state index in [0.717, 1.165) is 30.7 Å². The molecule has 1 aromatic heterocycles. The number of hydrogen-bond acceptors (Lipinski definition) is 4. The maximum absolute atomic E-state index is 12.2. The van der Waals surface area contributed by atoms with Crippen LogP contribution in [0.4, 0.5) is 0 Å². The van der Waals surface area contributed by atoms with Crippen molar-refractivity contribution in [3.8, 4) is 11.5 Å². The molecule has 3 aromatic rings. The van der Waals surface area contributed by atoms with E-state index in [4.69, 9.17) is 4.74 Å². The number of thiazole rings is 1. The Morgan fingerprint density at radius 1 is 1.04 bits per heavy atom. The topological polar surface area (TPSA) is 51.2 Å². The molecule has 0 radical (unpaired) electrons. The normalized spacial score (nSPS) is 10.5. The SMILES string of the molecule is Cc1csc(CCCCNC(=O)c2ccc(Oc3ccccc3)cc2)n1. The predicted molar refractivity (Wildman–Crippen MR) is 105 cm³/mol. The van der Waals surface area contributed by atoms with E-state index in [1.54, 1.807) is 23.5 Å². The van der Waals surface area contributed by atoms with Crippen LogP contribution in [0.25, 0.3) is 0 Å². The third-order valence-corrected chi connectivity index (χ3v) is 4.89. The van der Waals surface area contributed by atoms with E-state index in [1.807, 2.05) is 49.4 Å². The lowest BCUT2D eigenvalue weighted by atomic mass is 10.2. The average molecular weight is 366 g/mol. The van der Waals surface area contributed by atoms with Gasteiger partial charge in [0, 0.05) is 23.2 Å². The van der Waals surface area contributed by atoms with E-state index in [-0.39, 0.29) is 5.91 Å². The lowest BCUT2D eigenvalue weighted by Crippen LogP contribution is -2.24. The standard InChI is InChI=1S/C21H22N2O2S/c1-16-15-26-20(23-16)9-5-6-14-22-21(24)17-10-12-19(13-11-17)25-18-7-3-2-4-8-18/h2-4,7-8,10-13,15H,5-6,9,14H2,1H3,(H,22,24). The quantitative estimate of drug-likeness (QED) is 0.571. The van der Waals surface area contributed by atoms with Crippen molar-refractivity contribution in [2.45, 2.75) is 26.2 Å². The van der Waals surface area contributed by atoms with Crippen LogP contribution in [0.1, 0.15) is 33.9 Å². The van der Waals surface area contributed by atoms with E-state index >= 15 is 0 Å². The molecule has 0 saturated heterocycles. The van der Waals surface area contributed by atoms with Crippen LogP contribution in [-0.2, 0) is 6.42 Å². The molecule has 134 valence electrons. The van der Waals surface area contributed by atoms with Crippen molar-refractivity contribution in [1.82, 2.24) is 10.3 Å². The number of ether oxygens (including phenoxy) is 1. The molecule has 0 aliphatic carbocycles. The maximum atomic E-state index is 12.2. The Kier molecular flexibility index (Phi) is 6.39. The zero-order valence-electron chi connectivity index (χ0n) is 14.8. The van der Waals surface area contributed by atoms with Gasteiger partial charge in [-0.3, -0.25) is 4.79 Å². The summed E-state index contributed by atoms with van der Waals surface area (Å²) >= 11 is 1.70. The van der Waals surface area contributed by atoms with E-state index in [0.29, 0.717) is 17.9 Å². The Balaban J connectivity index is 1.40. The van der Waals surface area contributed by atoms with E-state index < -0.39 is 0 Å². The molecule has 1 N–H and O–H groups in total. The minimum absolute atomic E-state index is 0.0543. The second kappa shape index (κ2) is 9.15. The fraction of sp³-hybridized carbons (Fsp3) is 0.238. The highest BCUT2D eigenvalue weighted by Crippen LogP contribution is 2.21. The zero-order valence-corrected chi connectivity index (χ0v) is 15.6. The van der Waals surface area contributed by atoms with Crippen LogP contribution in [-0.4, -0.2) is 17.4 Å². The molecule has 0 unspecified atom stereocenters. The molecule has 1 amide bonds. The van der Waals surface area contributed by atoms with Crippen molar-refractivity contribution in [2.75, 3.05) is 6.54 Å². The number of rotatable bonds is 8. The number of aryl methyl sites for hydroxylation is 2. The fourth-order valence-electron chi connectivity index (χ4n) is 2.52. The summed E-state index contributed by atoms with van der Waals surface area (Å²) in [5.74, 6) is 1.44. The molecular formula is C21H22N2O2S. The van der Waals surface area contributed by atoms with Gasteiger partial charge in [0.25, 0.3) is 5.91 Å². The second-order valence-corrected chi connectivity index (χ2v) is 6.98. The van der Waals surface area contributed by atoms with Crippen LogP contribution in [0.3, 0.4) is 0 Å². The zero-order chi connectivity index (χ0) is 18.2. The number of para-hydroxylation sites is 1. The number of carbonyl (C=O) groups is 1. The van der Waals surface area contributed by atoms with E-state index in [2.05, 4.69) is 15.7 Å². The number of carbonyl (C=O) groups excluding carboxylic acids is 1. The van der Waals surface area contributed by atoms with Crippen molar-refractivity contribution in [1.29, 1.82) is 0 Å². The van der Waals surface area contributed by atoms with Gasteiger partial charge < -0.3 is 10.1 Å². The van der Waals surface area contributed by atoms with Crippen LogP contribution in [0.2, 0.25) is 0 Å². The molecule has 2 aromatic carbocycles. The molecule has 0 aliphatic heterocycles. The Hall–Kier alpha value is -2.66. The Morgan fingerprint density at radius 3 is 2.46 bits per heavy atom. The second-order valence-electron chi connectivity index (χ2n) is 6.04. The average Bonchev–Trinajstić information content (AvgIpc) is 3.08. The highest BCUT2D eigenvalue weighted by Gasteiger charge is 2.06. The van der Waals surface area contributed by atoms with Gasteiger partial charge in [0.2, 0.25) is 0 Å². The summed E-state index contributed by atoms with van der Waals surface area (Å²) < 4.78 is 5.73. The van der Waals surface area contributed by atoms with Gasteiger partial charge in [-0.15, -0.1) is 11.3 Å². The summed E-state index contributed by atoms with van der Waals surface area (Å²) in [6.45, 7) is 2.68. The first-order valence-electron chi connectivity index (χ1n) is 8.73. The van der Waals surface area contributed by atoms with E-state index in [1.165, 1.54) is 5.01 Å². The summed E-state index contributed by atoms with van der Waals surface area (Å²) in [5.41, 5.74) is 1.72. The van der Waals surface area contributed by atoms with Crippen molar-refractivity contribution >= 4 is 17.2 Å².